The molecule has 0 saturated carbocycles. The molecule has 0 bridgehead atoms. The summed E-state index contributed by atoms with van der Waals surface area (Å²) >= 11 is 1.71. The first-order chi connectivity index (χ1) is 21.0. The quantitative estimate of drug-likeness (QED) is 0.171. The molecule has 0 saturated heterocycles. The standard InChI is InChI=1S/C6H6.C5H5N.C4H5P.C4H4S.8C2H6.2F2.FH/c2*1-2-4-6-5-3-1;2*1-2-4-5-3-1;10*1-2;/h1-6H;1-5H;1-5H;1-4H;8*1-2H3;;;1H. The van der Waals surface area contributed by atoms with E-state index in [0.717, 1.165) is 8.19 Å². The molecule has 4 rings (SSSR count). The lowest BCUT2D eigenvalue weighted by Crippen LogP contribution is -1.58. The summed E-state index contributed by atoms with van der Waals surface area (Å²) in [6.07, 6.45) is 3.50. The van der Waals surface area contributed by atoms with Crippen molar-refractivity contribution in [2.75, 3.05) is 0 Å². The summed E-state index contributed by atoms with van der Waals surface area (Å²) in [6.45, 7) is 32.0. The van der Waals surface area contributed by atoms with Crippen LogP contribution in [-0.4, -0.2) is 4.98 Å². The minimum atomic E-state index is 0. The van der Waals surface area contributed by atoms with Gasteiger partial charge in [0.2, 0.25) is 0 Å². The number of thiophene rings is 1. The summed E-state index contributed by atoms with van der Waals surface area (Å²) < 4.78 is 32.0. The van der Waals surface area contributed by atoms with E-state index in [9.17, 15) is 0 Å². The average Bonchev–Trinajstić information content (AvgIpc) is 3.96. The molecule has 43 heavy (non-hydrogen) atoms. The Bertz CT molecular complexity index is 472. The fraction of sp³-hybridized carbons (Fsp3) is 0.457. The van der Waals surface area contributed by atoms with Gasteiger partial charge in [-0.15, -0.1) is 8.19 Å². The van der Waals surface area contributed by atoms with E-state index in [-0.39, 0.29) is 4.70 Å². The number of hydrogen-bond donors (Lipinski definition) is 0. The highest BCUT2D eigenvalue weighted by atomic mass is 32.1. The van der Waals surface area contributed by atoms with E-state index >= 15 is 0 Å². The average molecular weight is 662 g/mol. The van der Waals surface area contributed by atoms with Crippen molar-refractivity contribution in [3.63, 3.8) is 0 Å². The minimum Gasteiger partial charge on any atom is -0.269 e. The third kappa shape index (κ3) is 146. The number of hydrogen-bond acceptors (Lipinski definition) is 2. The second-order valence-electron chi connectivity index (χ2n) is 3.86. The molecule has 0 unspecified atom stereocenters. The smallest absolute Gasteiger partial charge is 0.0267 e. The number of aromatic nitrogens is 1. The zero-order valence-corrected chi connectivity index (χ0v) is 32.1. The third-order valence-corrected chi connectivity index (χ3v) is 3.55. The molecule has 3 heterocycles. The monoisotopic (exact) mass is 661 g/mol. The molecule has 0 spiro atoms. The number of benzene rings is 1. The summed E-state index contributed by atoms with van der Waals surface area (Å²) in [5, 5.41) is 4.08. The van der Waals surface area contributed by atoms with Gasteiger partial charge in [-0.2, -0.15) is 11.3 Å². The van der Waals surface area contributed by atoms with Crippen LogP contribution in [0, 0.1) is 0 Å². The Morgan fingerprint density at radius 2 is 0.605 bits per heavy atom. The maximum atomic E-state index is 8.00. The van der Waals surface area contributed by atoms with Crippen molar-refractivity contribution < 1.29 is 23.0 Å². The molecule has 1 aromatic carbocycles. The molecule has 1 nitrogen and oxygen atoms in total. The fourth-order valence-electron chi connectivity index (χ4n) is 1.20. The summed E-state index contributed by atoms with van der Waals surface area (Å²) in [4.78, 5) is 3.78. The summed E-state index contributed by atoms with van der Waals surface area (Å²) in [5.41, 5.74) is 0. The fourth-order valence-corrected chi connectivity index (χ4v) is 2.21. The Balaban J connectivity index is -0.0000000296. The second kappa shape index (κ2) is 154. The van der Waals surface area contributed by atoms with Crippen LogP contribution in [0.15, 0.2) is 114 Å². The van der Waals surface area contributed by atoms with Gasteiger partial charge in [0, 0.05) is 30.7 Å². The molecule has 0 aliphatic carbocycles. The summed E-state index contributed by atoms with van der Waals surface area (Å²) in [7, 11) is 0.948. The first-order valence-corrected chi connectivity index (χ1v) is 17.3. The van der Waals surface area contributed by atoms with Gasteiger partial charge in [-0.3, -0.25) is 9.69 Å². The molecule has 260 valence electrons. The van der Waals surface area contributed by atoms with Crippen LogP contribution in [0.5, 0.6) is 0 Å². The largest absolute Gasteiger partial charge is 0.269 e. The van der Waals surface area contributed by atoms with Gasteiger partial charge in [-0.25, -0.2) is 0 Å². The highest BCUT2D eigenvalue weighted by molar-refractivity contribution is 7.28. The molecule has 0 amide bonds. The molecule has 0 atom stereocenters. The van der Waals surface area contributed by atoms with Crippen LogP contribution in [0.3, 0.4) is 0 Å². The first kappa shape index (κ1) is 72.6. The Hall–Kier alpha value is -2.50. The number of nitrogens with zero attached hydrogens (tertiary/aromatic N) is 1. The van der Waals surface area contributed by atoms with Crippen LogP contribution in [-0.2, 0) is 0 Å². The molecule has 3 aromatic heterocycles. The normalized spacial score (nSPS) is 5.49. The molecule has 8 heteroatoms. The molecular weight excluding hydrogens is 592 g/mol. The van der Waals surface area contributed by atoms with E-state index in [1.807, 2.05) is 188 Å². The van der Waals surface area contributed by atoms with Gasteiger partial charge in [-0.05, 0) is 34.5 Å². The minimum absolute atomic E-state index is 0. The van der Waals surface area contributed by atoms with Crippen molar-refractivity contribution in [1.29, 1.82) is 0 Å². The molecule has 0 radical (unpaired) electrons. The van der Waals surface area contributed by atoms with Crippen molar-refractivity contribution in [2.24, 2.45) is 0 Å². The molecule has 4 aromatic rings. The lowest BCUT2D eigenvalue weighted by Gasteiger charge is -1.70. The maximum absolute atomic E-state index is 8.00. The van der Waals surface area contributed by atoms with Crippen LogP contribution >= 0.6 is 19.5 Å². The predicted octanol–water partition coefficient (Wildman–Crippen LogP) is 16.3. The number of pyridine rings is 1. The van der Waals surface area contributed by atoms with E-state index in [0.29, 0.717) is 0 Å². The topological polar surface area (TPSA) is 12.9 Å². The Morgan fingerprint density at radius 3 is 0.698 bits per heavy atom. The molecular formula is C35H69F5NPS. The van der Waals surface area contributed by atoms with Crippen LogP contribution in [0.2, 0.25) is 0 Å². The second-order valence-corrected chi connectivity index (χ2v) is 5.67. The van der Waals surface area contributed by atoms with Crippen LogP contribution in [0.1, 0.15) is 111 Å². The predicted molar refractivity (Wildman–Crippen MR) is 199 cm³/mol. The number of halogens is 5. The van der Waals surface area contributed by atoms with Gasteiger partial charge in [0.25, 0.3) is 0 Å². The molecule has 0 aliphatic rings. The Labute approximate surface area is 271 Å². The van der Waals surface area contributed by atoms with Crippen molar-refractivity contribution in [3.05, 3.63) is 114 Å². The van der Waals surface area contributed by atoms with Crippen molar-refractivity contribution >= 4 is 19.5 Å². The van der Waals surface area contributed by atoms with E-state index in [1.165, 1.54) is 0 Å². The Kier molecular flexibility index (Phi) is 260. The van der Waals surface area contributed by atoms with E-state index in [2.05, 4.69) is 28.7 Å². The van der Waals surface area contributed by atoms with E-state index in [1.54, 1.807) is 23.7 Å². The van der Waals surface area contributed by atoms with Crippen LogP contribution in [0.25, 0.3) is 0 Å². The van der Waals surface area contributed by atoms with Gasteiger partial charge in [0.15, 0.2) is 0 Å². The maximum Gasteiger partial charge on any atom is 0.0267 e. The van der Waals surface area contributed by atoms with Gasteiger partial charge >= 0.3 is 0 Å². The first-order valence-electron chi connectivity index (χ1n) is 15.2. The molecule has 0 N–H and O–H groups in total. The summed E-state index contributed by atoms with van der Waals surface area (Å²) in [6, 6.07) is 25.9. The van der Waals surface area contributed by atoms with Crippen molar-refractivity contribution in [2.45, 2.75) is 111 Å². The van der Waals surface area contributed by atoms with Gasteiger partial charge in [0.05, 0.1) is 0 Å². The summed E-state index contributed by atoms with van der Waals surface area (Å²) in [5.74, 6) is 4.31. The van der Waals surface area contributed by atoms with E-state index < -0.39 is 0 Å². The SMILES string of the molecule is CC.CC.CC.CC.CC.CC.CC.CC.F.FF.FF.c1cc[pH]c1.c1ccccc1.c1ccncc1.c1ccsc1. The molecule has 0 fully saturated rings. The van der Waals surface area contributed by atoms with E-state index in [4.69, 9.17) is 18.3 Å². The van der Waals surface area contributed by atoms with Crippen LogP contribution in [0.4, 0.5) is 23.0 Å². The van der Waals surface area contributed by atoms with Gasteiger partial charge in [-0.1, -0.05) is 178 Å². The van der Waals surface area contributed by atoms with Gasteiger partial charge < -0.3 is 0 Å². The highest BCUT2D eigenvalue weighted by Crippen LogP contribution is 1.99. The van der Waals surface area contributed by atoms with Crippen LogP contribution < -0.4 is 0 Å². The zero-order valence-electron chi connectivity index (χ0n) is 30.2. The lowest BCUT2D eigenvalue weighted by atomic mass is 10.4. The van der Waals surface area contributed by atoms with Crippen molar-refractivity contribution in [1.82, 2.24) is 4.98 Å². The lowest BCUT2D eigenvalue weighted by molar-refractivity contribution is 0.108. The zero-order chi connectivity index (χ0) is 35.6. The third-order valence-electron chi connectivity index (χ3n) is 2.15. The number of rotatable bonds is 0. The molecule has 0 aliphatic heterocycles. The van der Waals surface area contributed by atoms with Crippen molar-refractivity contribution in [3.8, 4) is 0 Å². The van der Waals surface area contributed by atoms with Gasteiger partial charge in [0.1, 0.15) is 0 Å². The Morgan fingerprint density at radius 1 is 0.372 bits per heavy atom. The highest BCUT2D eigenvalue weighted by Gasteiger charge is 1.59.